The fourth-order valence-corrected chi connectivity index (χ4v) is 2.29. The maximum atomic E-state index is 6.14. The highest BCUT2D eigenvalue weighted by Crippen LogP contribution is 2.30. The van der Waals surface area contributed by atoms with Gasteiger partial charge in [0.2, 0.25) is 0 Å². The molecule has 0 saturated carbocycles. The predicted molar refractivity (Wildman–Crippen MR) is 81.2 cm³/mol. The summed E-state index contributed by atoms with van der Waals surface area (Å²) in [5.41, 5.74) is 7.39. The molecule has 100 valence electrons. The second kappa shape index (κ2) is 5.49. The molecule has 1 heterocycles. The Morgan fingerprint density at radius 3 is 2.75 bits per heavy atom. The monoisotopic (exact) mass is 284 g/mol. The lowest BCUT2D eigenvalue weighted by atomic mass is 10.2. The van der Waals surface area contributed by atoms with Gasteiger partial charge in [-0.2, -0.15) is 0 Å². The molecule has 0 aliphatic rings. The van der Waals surface area contributed by atoms with Crippen LogP contribution < -0.4 is 10.5 Å². The number of hydrogen-bond acceptors (Lipinski definition) is 3. The third-order valence-electron chi connectivity index (χ3n) is 3.08. The number of nitrogens with zero attached hydrogens (tertiary/aromatic N) is 1. The van der Waals surface area contributed by atoms with E-state index >= 15 is 0 Å². The van der Waals surface area contributed by atoms with Crippen molar-refractivity contribution in [2.45, 2.75) is 6.54 Å². The first-order valence-electron chi connectivity index (χ1n) is 6.28. The predicted octanol–water partition coefficient (Wildman–Crippen LogP) is 4.14. The zero-order chi connectivity index (χ0) is 13.9. The molecule has 0 aliphatic carbocycles. The number of fused-ring (bicyclic) bond motifs is 1. The maximum absolute atomic E-state index is 6.14. The van der Waals surface area contributed by atoms with Gasteiger partial charge in [-0.25, -0.2) is 0 Å². The van der Waals surface area contributed by atoms with Crippen LogP contribution in [-0.4, -0.2) is 4.98 Å². The molecule has 0 spiro atoms. The number of benzene rings is 2. The van der Waals surface area contributed by atoms with Crippen molar-refractivity contribution in [3.63, 3.8) is 0 Å². The van der Waals surface area contributed by atoms with Crippen LogP contribution in [-0.2, 0) is 6.54 Å². The summed E-state index contributed by atoms with van der Waals surface area (Å²) in [4.78, 5) is 4.31. The molecule has 0 aliphatic heterocycles. The molecule has 2 N–H and O–H groups in total. The Balaban J connectivity index is 1.99. The molecular weight excluding hydrogens is 272 g/mol. The van der Waals surface area contributed by atoms with Crippen molar-refractivity contribution in [1.82, 2.24) is 4.98 Å². The minimum Gasteiger partial charge on any atom is -0.457 e. The van der Waals surface area contributed by atoms with Crippen LogP contribution in [0.1, 0.15) is 5.56 Å². The first-order valence-corrected chi connectivity index (χ1v) is 6.66. The Morgan fingerprint density at radius 1 is 1.10 bits per heavy atom. The van der Waals surface area contributed by atoms with Crippen LogP contribution in [0.4, 0.5) is 0 Å². The molecule has 3 rings (SSSR count). The summed E-state index contributed by atoms with van der Waals surface area (Å²) in [5.74, 6) is 1.44. The van der Waals surface area contributed by atoms with E-state index in [2.05, 4.69) is 4.98 Å². The van der Waals surface area contributed by atoms with Crippen molar-refractivity contribution in [3.05, 3.63) is 65.3 Å². The van der Waals surface area contributed by atoms with Crippen LogP contribution in [0, 0.1) is 0 Å². The quantitative estimate of drug-likeness (QED) is 0.786. The SMILES string of the molecule is NCc1ccc(Oc2ccnc3ccccc23)cc1Cl. The fourth-order valence-electron chi connectivity index (χ4n) is 2.04. The van der Waals surface area contributed by atoms with Crippen LogP contribution >= 0.6 is 11.6 Å². The van der Waals surface area contributed by atoms with Crippen LogP contribution in [0.2, 0.25) is 5.02 Å². The second-order valence-electron chi connectivity index (χ2n) is 4.39. The molecule has 3 aromatic rings. The first-order chi connectivity index (χ1) is 9.78. The number of aromatic nitrogens is 1. The number of hydrogen-bond donors (Lipinski definition) is 1. The Morgan fingerprint density at radius 2 is 1.95 bits per heavy atom. The molecule has 3 nitrogen and oxygen atoms in total. The molecule has 2 aromatic carbocycles. The van der Waals surface area contributed by atoms with E-state index in [-0.39, 0.29) is 0 Å². The van der Waals surface area contributed by atoms with Gasteiger partial charge in [-0.15, -0.1) is 0 Å². The first kappa shape index (κ1) is 12.9. The molecule has 0 amide bonds. The van der Waals surface area contributed by atoms with Crippen molar-refractivity contribution >= 4 is 22.5 Å². The van der Waals surface area contributed by atoms with Crippen molar-refractivity contribution < 1.29 is 4.74 Å². The average Bonchev–Trinajstić information content (AvgIpc) is 2.48. The van der Waals surface area contributed by atoms with E-state index in [4.69, 9.17) is 22.1 Å². The topological polar surface area (TPSA) is 48.1 Å². The molecule has 0 saturated heterocycles. The van der Waals surface area contributed by atoms with Gasteiger partial charge in [-0.3, -0.25) is 4.98 Å². The number of halogens is 1. The van der Waals surface area contributed by atoms with E-state index in [0.29, 0.717) is 17.3 Å². The highest BCUT2D eigenvalue weighted by molar-refractivity contribution is 6.31. The Labute approximate surface area is 122 Å². The van der Waals surface area contributed by atoms with Gasteiger partial charge < -0.3 is 10.5 Å². The summed E-state index contributed by atoms with van der Waals surface area (Å²) in [5, 5.41) is 1.58. The molecular formula is C16H13ClN2O. The van der Waals surface area contributed by atoms with Gasteiger partial charge in [-0.1, -0.05) is 29.8 Å². The van der Waals surface area contributed by atoms with Crippen LogP contribution in [0.25, 0.3) is 10.9 Å². The minimum absolute atomic E-state index is 0.414. The minimum atomic E-state index is 0.414. The van der Waals surface area contributed by atoms with E-state index in [1.54, 1.807) is 12.3 Å². The van der Waals surface area contributed by atoms with Crippen LogP contribution in [0.5, 0.6) is 11.5 Å². The lowest BCUT2D eigenvalue weighted by molar-refractivity contribution is 0.487. The number of pyridine rings is 1. The maximum Gasteiger partial charge on any atom is 0.138 e. The summed E-state index contributed by atoms with van der Waals surface area (Å²) >= 11 is 6.14. The molecule has 0 unspecified atom stereocenters. The molecule has 1 aromatic heterocycles. The van der Waals surface area contributed by atoms with Gasteiger partial charge in [0.05, 0.1) is 5.52 Å². The highest BCUT2D eigenvalue weighted by atomic mass is 35.5. The summed E-state index contributed by atoms with van der Waals surface area (Å²) in [6.45, 7) is 0.414. The third kappa shape index (κ3) is 2.46. The fraction of sp³-hybridized carbons (Fsp3) is 0.0625. The molecule has 0 bridgehead atoms. The summed E-state index contributed by atoms with van der Waals surface area (Å²) < 4.78 is 5.91. The van der Waals surface area contributed by atoms with Crippen molar-refractivity contribution in [3.8, 4) is 11.5 Å². The smallest absolute Gasteiger partial charge is 0.138 e. The molecule has 0 radical (unpaired) electrons. The Kier molecular flexibility index (Phi) is 3.54. The highest BCUT2D eigenvalue weighted by Gasteiger charge is 2.06. The second-order valence-corrected chi connectivity index (χ2v) is 4.79. The number of nitrogens with two attached hydrogens (primary N) is 1. The molecule has 0 atom stereocenters. The molecule has 20 heavy (non-hydrogen) atoms. The van der Waals surface area contributed by atoms with Crippen molar-refractivity contribution in [2.24, 2.45) is 5.73 Å². The Hall–Kier alpha value is -2.10. The standard InChI is InChI=1S/C16H13ClN2O/c17-14-9-12(6-5-11(14)10-18)20-16-7-8-19-15-4-2-1-3-13(15)16/h1-9H,10,18H2. The number of para-hydroxylation sites is 1. The molecule has 0 fully saturated rings. The van der Waals surface area contributed by atoms with Crippen LogP contribution in [0.15, 0.2) is 54.7 Å². The van der Waals surface area contributed by atoms with Crippen molar-refractivity contribution in [2.75, 3.05) is 0 Å². The van der Waals surface area contributed by atoms with Gasteiger partial charge in [0, 0.05) is 23.2 Å². The van der Waals surface area contributed by atoms with Gasteiger partial charge in [0.15, 0.2) is 0 Å². The van der Waals surface area contributed by atoms with Crippen molar-refractivity contribution in [1.29, 1.82) is 0 Å². The summed E-state index contributed by atoms with van der Waals surface area (Å²) in [6.07, 6.45) is 1.73. The lowest BCUT2D eigenvalue weighted by Gasteiger charge is -2.10. The number of ether oxygens (including phenoxy) is 1. The van der Waals surface area contributed by atoms with E-state index in [1.807, 2.05) is 42.5 Å². The normalized spacial score (nSPS) is 10.7. The third-order valence-corrected chi connectivity index (χ3v) is 3.43. The molecule has 4 heteroatoms. The zero-order valence-corrected chi connectivity index (χ0v) is 11.5. The average molecular weight is 285 g/mol. The van der Waals surface area contributed by atoms with Gasteiger partial charge in [-0.05, 0) is 35.9 Å². The van der Waals surface area contributed by atoms with E-state index in [1.165, 1.54) is 0 Å². The van der Waals surface area contributed by atoms with E-state index in [9.17, 15) is 0 Å². The Bertz CT molecular complexity index is 753. The number of rotatable bonds is 3. The summed E-state index contributed by atoms with van der Waals surface area (Å²) in [7, 11) is 0. The van der Waals surface area contributed by atoms with Gasteiger partial charge >= 0.3 is 0 Å². The largest absolute Gasteiger partial charge is 0.457 e. The lowest BCUT2D eigenvalue weighted by Crippen LogP contribution is -1.97. The summed E-state index contributed by atoms with van der Waals surface area (Å²) in [6, 6.07) is 15.2. The van der Waals surface area contributed by atoms with Crippen LogP contribution in [0.3, 0.4) is 0 Å². The van der Waals surface area contributed by atoms with E-state index < -0.39 is 0 Å². The van der Waals surface area contributed by atoms with Gasteiger partial charge in [0.25, 0.3) is 0 Å². The van der Waals surface area contributed by atoms with E-state index in [0.717, 1.165) is 22.2 Å². The zero-order valence-electron chi connectivity index (χ0n) is 10.7. The van der Waals surface area contributed by atoms with Gasteiger partial charge in [0.1, 0.15) is 11.5 Å².